The molecule has 7 nitrogen and oxygen atoms in total. The molecule has 0 aliphatic heterocycles. The molecule has 1 atom stereocenters. The van der Waals surface area contributed by atoms with Crippen LogP contribution in [0.3, 0.4) is 0 Å². The Bertz CT molecular complexity index is 1370. The summed E-state index contributed by atoms with van der Waals surface area (Å²) in [5.74, 6) is -0.235. The average molecular weight is 577 g/mol. The van der Waals surface area contributed by atoms with Crippen molar-refractivity contribution in [3.8, 4) is 11.3 Å². The fourth-order valence-corrected chi connectivity index (χ4v) is 5.43. The average Bonchev–Trinajstić information content (AvgIpc) is 3.25. The number of rotatable bonds is 15. The van der Waals surface area contributed by atoms with E-state index in [4.69, 9.17) is 9.47 Å². The maximum atomic E-state index is 12.9. The van der Waals surface area contributed by atoms with Gasteiger partial charge in [-0.05, 0) is 92.6 Å². The number of pyridine rings is 1. The van der Waals surface area contributed by atoms with E-state index < -0.39 is 0 Å². The van der Waals surface area contributed by atoms with Crippen molar-refractivity contribution in [2.45, 2.75) is 86.8 Å². The number of carbonyl (C=O) groups is 1. The first kappa shape index (κ1) is 33.2. The van der Waals surface area contributed by atoms with Crippen molar-refractivity contribution in [1.82, 2.24) is 20.8 Å². The Morgan fingerprint density at radius 1 is 1.21 bits per heavy atom. The van der Waals surface area contributed by atoms with E-state index in [2.05, 4.69) is 93.6 Å². The molecular formula is C35H52N4O3. The molecule has 0 unspecified atom stereocenters. The molecule has 0 radical (unpaired) electrons. The molecular weight excluding hydrogens is 524 g/mol. The topological polar surface area (TPSA) is 88.3 Å². The molecule has 0 aliphatic carbocycles. The van der Waals surface area contributed by atoms with E-state index in [0.29, 0.717) is 26.1 Å². The lowest BCUT2D eigenvalue weighted by molar-refractivity contribution is -0.149. The fraction of sp³-hybridized carbons (Fsp3) is 0.486. The normalized spacial score (nSPS) is 12.9. The van der Waals surface area contributed by atoms with Crippen LogP contribution in [-0.4, -0.2) is 42.7 Å². The summed E-state index contributed by atoms with van der Waals surface area (Å²) in [5, 5.41) is 0. The summed E-state index contributed by atoms with van der Waals surface area (Å²) >= 11 is 0. The van der Waals surface area contributed by atoms with Crippen LogP contribution in [0.2, 0.25) is 0 Å². The van der Waals surface area contributed by atoms with E-state index in [1.54, 1.807) is 20.4 Å². The number of aryl methyl sites for hydroxylation is 3. The number of H-pyrrole nitrogens is 1. The number of nitrogens with one attached hydrogen (secondary N) is 3. The summed E-state index contributed by atoms with van der Waals surface area (Å²) in [7, 11) is 3.48. The molecule has 2 heterocycles. The number of benzene rings is 1. The van der Waals surface area contributed by atoms with E-state index in [1.807, 2.05) is 12.3 Å². The number of aromatic amines is 1. The highest BCUT2D eigenvalue weighted by molar-refractivity contribution is 5.85. The number of hydrogen-bond donors (Lipinski definition) is 3. The molecule has 0 saturated heterocycles. The summed E-state index contributed by atoms with van der Waals surface area (Å²) < 4.78 is 11.4. The lowest BCUT2D eigenvalue weighted by Crippen LogP contribution is -2.45. The third-order valence-electron chi connectivity index (χ3n) is 7.63. The Balaban J connectivity index is 0.00000645. The van der Waals surface area contributed by atoms with Crippen LogP contribution in [0.1, 0.15) is 88.0 Å². The summed E-state index contributed by atoms with van der Waals surface area (Å²) in [6.07, 6.45) is 9.29. The number of ether oxygens (including phenoxy) is 2. The van der Waals surface area contributed by atoms with Gasteiger partial charge in [0, 0.05) is 37.6 Å². The smallest absolute Gasteiger partial charge is 0.324 e. The first-order valence-corrected chi connectivity index (χ1v) is 15.0. The molecule has 1 aromatic carbocycles. The number of carbonyl (C=O) groups excluding carboxylic acids is 1. The Hall–Kier alpha value is -3.26. The number of hydrazine groups is 1. The lowest BCUT2D eigenvalue weighted by Gasteiger charge is -2.27. The molecule has 3 aromatic rings. The molecule has 3 N–H and O–H groups in total. The third-order valence-corrected chi connectivity index (χ3v) is 7.63. The van der Waals surface area contributed by atoms with Gasteiger partial charge in [0.25, 0.3) is 0 Å². The van der Waals surface area contributed by atoms with Gasteiger partial charge < -0.3 is 14.5 Å². The SMILES string of the molecule is CCC[C@H](NNC)C(=O)OCC(C)(C)Cc1c(-c2cnccc2COC)[nH]c(C)c1/C=C(\C)c1cc(C)cc(CC)c1.[HH]. The summed E-state index contributed by atoms with van der Waals surface area (Å²) in [6.45, 7) is 15.8. The first-order chi connectivity index (χ1) is 20.0. The molecule has 0 aliphatic rings. The molecule has 3 rings (SSSR count). The van der Waals surface area contributed by atoms with Gasteiger partial charge in [-0.1, -0.05) is 57.9 Å². The van der Waals surface area contributed by atoms with Crippen LogP contribution in [0, 0.1) is 19.3 Å². The van der Waals surface area contributed by atoms with Crippen molar-refractivity contribution in [2.75, 3.05) is 20.8 Å². The van der Waals surface area contributed by atoms with E-state index in [1.165, 1.54) is 27.8 Å². The van der Waals surface area contributed by atoms with Crippen LogP contribution in [0.5, 0.6) is 0 Å². The molecule has 0 fully saturated rings. The summed E-state index contributed by atoms with van der Waals surface area (Å²) in [5.41, 5.74) is 17.2. The molecule has 0 bridgehead atoms. The molecule has 0 spiro atoms. The van der Waals surface area contributed by atoms with Gasteiger partial charge in [0.05, 0.1) is 18.9 Å². The lowest BCUT2D eigenvalue weighted by atomic mass is 9.83. The molecule has 230 valence electrons. The van der Waals surface area contributed by atoms with Gasteiger partial charge in [0.1, 0.15) is 6.04 Å². The second kappa shape index (κ2) is 15.3. The van der Waals surface area contributed by atoms with Gasteiger partial charge in [-0.15, -0.1) is 0 Å². The van der Waals surface area contributed by atoms with Gasteiger partial charge >= 0.3 is 5.97 Å². The number of aromatic nitrogens is 2. The van der Waals surface area contributed by atoms with Gasteiger partial charge in [0.15, 0.2) is 0 Å². The van der Waals surface area contributed by atoms with Crippen molar-refractivity contribution < 1.29 is 15.7 Å². The van der Waals surface area contributed by atoms with Gasteiger partial charge in [0.2, 0.25) is 0 Å². The highest BCUT2D eigenvalue weighted by Crippen LogP contribution is 2.37. The number of esters is 1. The highest BCUT2D eigenvalue weighted by atomic mass is 16.5. The number of nitrogens with zero attached hydrogens (tertiary/aromatic N) is 1. The predicted molar refractivity (Wildman–Crippen MR) is 175 cm³/mol. The fourth-order valence-electron chi connectivity index (χ4n) is 5.43. The molecule has 2 aromatic heterocycles. The van der Waals surface area contributed by atoms with Gasteiger partial charge in [-0.3, -0.25) is 15.2 Å². The molecule has 7 heteroatoms. The van der Waals surface area contributed by atoms with E-state index in [0.717, 1.165) is 40.9 Å². The quantitative estimate of drug-likeness (QED) is 0.131. The maximum absolute atomic E-state index is 12.9. The van der Waals surface area contributed by atoms with E-state index in [9.17, 15) is 4.79 Å². The largest absolute Gasteiger partial charge is 0.464 e. The van der Waals surface area contributed by atoms with Crippen molar-refractivity contribution in [1.29, 1.82) is 0 Å². The van der Waals surface area contributed by atoms with Gasteiger partial charge in [-0.25, -0.2) is 5.43 Å². The molecule has 0 saturated carbocycles. The van der Waals surface area contributed by atoms with E-state index >= 15 is 0 Å². The molecule has 0 amide bonds. The summed E-state index contributed by atoms with van der Waals surface area (Å²) in [4.78, 5) is 21.1. The Morgan fingerprint density at radius 2 is 1.98 bits per heavy atom. The Kier molecular flexibility index (Phi) is 12.1. The standard InChI is InChI=1S/C35H50N4O3.H2/c1-10-12-32(39-36-8)34(40)42-22-35(6,7)19-30-29(17-24(4)28-16-23(3)15-26(11-2)18-28)25(5)38-33(30)31-20-37-14-13-27(31)21-41-9;/h13-18,20,32,36,38-39H,10-12,19,21-22H2,1-9H3;1H/b24-17+;/t32-;/m0./s1. The second-order valence-corrected chi connectivity index (χ2v) is 12.1. The minimum atomic E-state index is -0.378. The maximum Gasteiger partial charge on any atom is 0.324 e. The Morgan fingerprint density at radius 3 is 2.64 bits per heavy atom. The number of allylic oxidation sites excluding steroid dienone is 1. The van der Waals surface area contributed by atoms with Crippen LogP contribution in [0.15, 0.2) is 36.7 Å². The second-order valence-electron chi connectivity index (χ2n) is 12.1. The van der Waals surface area contributed by atoms with Crippen molar-refractivity contribution >= 4 is 17.6 Å². The third kappa shape index (κ3) is 8.63. The van der Waals surface area contributed by atoms with Crippen LogP contribution in [0.4, 0.5) is 0 Å². The predicted octanol–water partition coefficient (Wildman–Crippen LogP) is 7.21. The molecule has 42 heavy (non-hydrogen) atoms. The van der Waals surface area contributed by atoms with Crippen LogP contribution in [0.25, 0.3) is 22.9 Å². The van der Waals surface area contributed by atoms with Crippen molar-refractivity contribution in [3.05, 3.63) is 75.7 Å². The minimum Gasteiger partial charge on any atom is -0.464 e. The van der Waals surface area contributed by atoms with Crippen LogP contribution >= 0.6 is 0 Å². The van der Waals surface area contributed by atoms with E-state index in [-0.39, 0.29) is 18.9 Å². The monoisotopic (exact) mass is 576 g/mol. The highest BCUT2D eigenvalue weighted by Gasteiger charge is 2.28. The van der Waals surface area contributed by atoms with Gasteiger partial charge in [-0.2, -0.15) is 0 Å². The zero-order valence-electron chi connectivity index (χ0n) is 27.0. The van der Waals surface area contributed by atoms with Crippen molar-refractivity contribution in [3.63, 3.8) is 0 Å². The Labute approximate surface area is 254 Å². The minimum absolute atomic E-state index is 0. The zero-order chi connectivity index (χ0) is 30.9. The zero-order valence-corrected chi connectivity index (χ0v) is 27.0. The first-order valence-electron chi connectivity index (χ1n) is 15.0. The van der Waals surface area contributed by atoms with Crippen molar-refractivity contribution in [2.24, 2.45) is 5.41 Å². The summed E-state index contributed by atoms with van der Waals surface area (Å²) in [6, 6.07) is 8.42. The number of methoxy groups -OCH3 is 1. The van der Waals surface area contributed by atoms with Crippen LogP contribution in [-0.2, 0) is 33.7 Å². The number of hydrogen-bond acceptors (Lipinski definition) is 6. The van der Waals surface area contributed by atoms with Crippen LogP contribution < -0.4 is 10.9 Å².